The molecule has 0 saturated carbocycles. The maximum Gasteiger partial charge on any atom is 0.300 e. The van der Waals surface area contributed by atoms with Crippen LogP contribution in [0.25, 0.3) is 10.2 Å². The van der Waals surface area contributed by atoms with E-state index in [9.17, 15) is 15.2 Å². The molecule has 0 saturated heterocycles. The van der Waals surface area contributed by atoms with Crippen LogP contribution in [0.1, 0.15) is 0 Å². The molecule has 0 radical (unpaired) electrons. The number of non-ortho nitro benzene ring substituents is 1. The second kappa shape index (κ2) is 3.18. The van der Waals surface area contributed by atoms with Crippen LogP contribution in [0.3, 0.4) is 0 Å². The Labute approximate surface area is 90.3 Å². The number of phenols is 1. The molecule has 1 aromatic heterocycles. The minimum absolute atomic E-state index is 0.125. The number of hydrogen-bond donors (Lipinski definition) is 1. The molecule has 0 atom stereocenters. The minimum atomic E-state index is -0.561. The van der Waals surface area contributed by atoms with E-state index in [-0.39, 0.29) is 11.4 Å². The first kappa shape index (κ1) is 9.35. The normalized spacial score (nSPS) is 10.6. The second-order valence-electron chi connectivity index (χ2n) is 2.54. The highest BCUT2D eigenvalue weighted by atomic mass is 79.9. The van der Waals surface area contributed by atoms with Crippen molar-refractivity contribution in [1.82, 2.24) is 4.98 Å². The fourth-order valence-electron chi connectivity index (χ4n) is 1.11. The number of aromatic hydroxyl groups is 1. The topological polar surface area (TPSA) is 76.3 Å². The van der Waals surface area contributed by atoms with E-state index in [0.717, 1.165) is 6.07 Å². The Hall–Kier alpha value is -1.21. The summed E-state index contributed by atoms with van der Waals surface area (Å²) >= 11 is 4.37. The third-order valence-electron chi connectivity index (χ3n) is 1.63. The van der Waals surface area contributed by atoms with Gasteiger partial charge in [0.2, 0.25) is 0 Å². The van der Waals surface area contributed by atoms with Crippen LogP contribution in [-0.2, 0) is 0 Å². The van der Waals surface area contributed by atoms with Crippen molar-refractivity contribution in [2.24, 2.45) is 0 Å². The number of benzene rings is 1. The average Bonchev–Trinajstić information content (AvgIpc) is 2.42. The third-order valence-corrected chi connectivity index (χ3v) is 3.08. The monoisotopic (exact) mass is 274 g/mol. The lowest BCUT2D eigenvalue weighted by molar-refractivity contribution is -0.383. The average molecular weight is 275 g/mol. The number of nitrogens with zero attached hydrogens (tertiary/aromatic N) is 2. The molecule has 0 unspecified atom stereocenters. The Morgan fingerprint density at radius 1 is 1.57 bits per heavy atom. The van der Waals surface area contributed by atoms with Crippen LogP contribution in [0.5, 0.6) is 5.75 Å². The molecule has 0 aliphatic heterocycles. The zero-order valence-electron chi connectivity index (χ0n) is 6.60. The zero-order valence-corrected chi connectivity index (χ0v) is 9.00. The number of phenolic OH excluding ortho intramolecular Hbond substituents is 1. The summed E-state index contributed by atoms with van der Waals surface area (Å²) in [6, 6.07) is 2.54. The zero-order chi connectivity index (χ0) is 10.3. The van der Waals surface area contributed by atoms with Gasteiger partial charge in [-0.05, 0) is 22.0 Å². The number of thiazole rings is 1. The van der Waals surface area contributed by atoms with Gasteiger partial charge in [-0.25, -0.2) is 4.98 Å². The van der Waals surface area contributed by atoms with Crippen LogP contribution in [0, 0.1) is 10.1 Å². The molecule has 2 aromatic rings. The Balaban J connectivity index is 2.85. The molecule has 2 rings (SSSR count). The van der Waals surface area contributed by atoms with Crippen LogP contribution in [0.4, 0.5) is 5.69 Å². The summed E-state index contributed by atoms with van der Waals surface area (Å²) in [6.45, 7) is 0. The van der Waals surface area contributed by atoms with Crippen LogP contribution in [-0.4, -0.2) is 15.0 Å². The molecule has 0 spiro atoms. The van der Waals surface area contributed by atoms with Gasteiger partial charge in [-0.3, -0.25) is 10.1 Å². The van der Waals surface area contributed by atoms with Crippen molar-refractivity contribution in [3.63, 3.8) is 0 Å². The molecular formula is C7H3BrN2O3S. The molecule has 0 fully saturated rings. The van der Waals surface area contributed by atoms with Crippen molar-refractivity contribution in [2.45, 2.75) is 0 Å². The number of aromatic nitrogens is 1. The fourth-order valence-corrected chi connectivity index (χ4v) is 2.56. The van der Waals surface area contributed by atoms with Crippen LogP contribution >= 0.6 is 27.3 Å². The summed E-state index contributed by atoms with van der Waals surface area (Å²) in [4.78, 5) is 14.0. The lowest BCUT2D eigenvalue weighted by Gasteiger charge is -1.93. The number of hydrogen-bond acceptors (Lipinski definition) is 5. The quantitative estimate of drug-likeness (QED) is 0.641. The van der Waals surface area contributed by atoms with E-state index in [1.807, 2.05) is 0 Å². The van der Waals surface area contributed by atoms with E-state index in [1.54, 1.807) is 0 Å². The van der Waals surface area contributed by atoms with Crippen LogP contribution < -0.4 is 0 Å². The summed E-state index contributed by atoms with van der Waals surface area (Å²) in [7, 11) is 0. The van der Waals surface area contributed by atoms with E-state index < -0.39 is 4.92 Å². The highest BCUT2D eigenvalue weighted by Crippen LogP contribution is 2.35. The molecule has 1 aromatic carbocycles. The highest BCUT2D eigenvalue weighted by molar-refractivity contribution is 9.11. The number of rotatable bonds is 1. The van der Waals surface area contributed by atoms with Gasteiger partial charge >= 0.3 is 0 Å². The molecule has 0 bridgehead atoms. The van der Waals surface area contributed by atoms with E-state index in [2.05, 4.69) is 20.9 Å². The van der Waals surface area contributed by atoms with Gasteiger partial charge in [-0.2, -0.15) is 0 Å². The number of nitro groups is 1. The van der Waals surface area contributed by atoms with Gasteiger partial charge in [0.25, 0.3) is 5.69 Å². The van der Waals surface area contributed by atoms with Crippen molar-refractivity contribution < 1.29 is 10.0 Å². The molecule has 0 amide bonds. The Kier molecular flexibility index (Phi) is 2.12. The summed E-state index contributed by atoms with van der Waals surface area (Å²) in [6.07, 6.45) is 0. The van der Waals surface area contributed by atoms with Gasteiger partial charge in [-0.15, -0.1) is 11.3 Å². The van der Waals surface area contributed by atoms with Crippen molar-refractivity contribution in [2.75, 3.05) is 0 Å². The van der Waals surface area contributed by atoms with E-state index >= 15 is 0 Å². The van der Waals surface area contributed by atoms with E-state index in [1.165, 1.54) is 17.4 Å². The van der Waals surface area contributed by atoms with Gasteiger partial charge in [-0.1, -0.05) is 0 Å². The Morgan fingerprint density at radius 2 is 2.29 bits per heavy atom. The van der Waals surface area contributed by atoms with Crippen molar-refractivity contribution in [3.05, 3.63) is 26.2 Å². The predicted octanol–water partition coefficient (Wildman–Crippen LogP) is 2.67. The number of fused-ring (bicyclic) bond motifs is 1. The smallest absolute Gasteiger partial charge is 0.300 e. The van der Waals surface area contributed by atoms with Crippen LogP contribution in [0.15, 0.2) is 16.0 Å². The first-order valence-corrected chi connectivity index (χ1v) is 5.12. The van der Waals surface area contributed by atoms with Gasteiger partial charge in [0.1, 0.15) is 5.75 Å². The molecule has 14 heavy (non-hydrogen) atoms. The van der Waals surface area contributed by atoms with Crippen molar-refractivity contribution in [3.8, 4) is 5.75 Å². The first-order valence-electron chi connectivity index (χ1n) is 3.51. The largest absolute Gasteiger partial charge is 0.508 e. The van der Waals surface area contributed by atoms with E-state index in [4.69, 9.17) is 0 Å². The summed E-state index contributed by atoms with van der Waals surface area (Å²) in [5, 5.41) is 19.8. The maximum atomic E-state index is 10.6. The minimum Gasteiger partial charge on any atom is -0.508 e. The standard InChI is InChI=1S/C7H3BrN2O3S/c8-7-9-6-4(10(12)13)1-3(11)2-5(6)14-7/h1-2,11H. The maximum absolute atomic E-state index is 10.6. The summed E-state index contributed by atoms with van der Waals surface area (Å²) < 4.78 is 1.14. The highest BCUT2D eigenvalue weighted by Gasteiger charge is 2.17. The fraction of sp³-hybridized carbons (Fsp3) is 0. The molecule has 1 heterocycles. The second-order valence-corrected chi connectivity index (χ2v) is 4.84. The number of nitro benzene ring substituents is 1. The SMILES string of the molecule is O=[N+]([O-])c1cc(O)cc2sc(Br)nc12. The van der Waals surface area contributed by atoms with Crippen LogP contribution in [0.2, 0.25) is 0 Å². The van der Waals surface area contributed by atoms with Gasteiger partial charge in [0.05, 0.1) is 15.7 Å². The molecule has 5 nitrogen and oxygen atoms in total. The predicted molar refractivity (Wildman–Crippen MR) is 55.6 cm³/mol. The molecule has 0 aliphatic carbocycles. The first-order chi connectivity index (χ1) is 6.58. The van der Waals surface area contributed by atoms with Crippen molar-refractivity contribution in [1.29, 1.82) is 0 Å². The lowest BCUT2D eigenvalue weighted by atomic mass is 10.3. The Morgan fingerprint density at radius 3 is 2.93 bits per heavy atom. The Bertz CT molecular complexity index is 525. The van der Waals surface area contributed by atoms with Gasteiger partial charge < -0.3 is 5.11 Å². The molecule has 7 heteroatoms. The summed E-state index contributed by atoms with van der Waals surface area (Å²) in [5.74, 6) is -0.125. The van der Waals surface area contributed by atoms with Crippen molar-refractivity contribution >= 4 is 43.2 Å². The van der Waals surface area contributed by atoms with Gasteiger partial charge in [0.15, 0.2) is 9.43 Å². The van der Waals surface area contributed by atoms with Gasteiger partial charge in [0, 0.05) is 0 Å². The number of halogens is 1. The molecule has 72 valence electrons. The third kappa shape index (κ3) is 1.44. The summed E-state index contributed by atoms with van der Waals surface area (Å²) in [5.41, 5.74) is 0.117. The lowest BCUT2D eigenvalue weighted by Crippen LogP contribution is -1.88. The van der Waals surface area contributed by atoms with E-state index in [0.29, 0.717) is 14.1 Å². The molecule has 1 N–H and O–H groups in total. The molecule has 0 aliphatic rings. The molecular weight excluding hydrogens is 272 g/mol.